The van der Waals surface area contributed by atoms with E-state index in [-0.39, 0.29) is 11.9 Å². The summed E-state index contributed by atoms with van der Waals surface area (Å²) in [6.45, 7) is 5.31. The molecule has 0 spiro atoms. The number of hydrogen-bond acceptors (Lipinski definition) is 4. The summed E-state index contributed by atoms with van der Waals surface area (Å²) >= 11 is 1.69. The zero-order valence-electron chi connectivity index (χ0n) is 11.2. The van der Waals surface area contributed by atoms with Crippen molar-refractivity contribution in [1.82, 2.24) is 0 Å². The maximum atomic E-state index is 11.6. The molecule has 18 heavy (non-hydrogen) atoms. The van der Waals surface area contributed by atoms with Crippen molar-refractivity contribution in [3.05, 3.63) is 22.4 Å². The third-order valence-corrected chi connectivity index (χ3v) is 3.72. The highest BCUT2D eigenvalue weighted by Gasteiger charge is 2.14. The highest BCUT2D eigenvalue weighted by molar-refractivity contribution is 7.09. The molecule has 0 amide bonds. The highest BCUT2D eigenvalue weighted by atomic mass is 32.1. The van der Waals surface area contributed by atoms with Crippen LogP contribution in [0, 0.1) is 11.8 Å². The smallest absolute Gasteiger partial charge is 0.306 e. The lowest BCUT2D eigenvalue weighted by atomic mass is 9.94. The van der Waals surface area contributed by atoms with Gasteiger partial charge in [0.05, 0.1) is 6.61 Å². The number of carbonyl (C=O) groups excluding carboxylic acids is 1. The average Bonchev–Trinajstić information content (AvgIpc) is 2.80. The number of ether oxygens (including phenoxy) is 1. The molecule has 0 radical (unpaired) electrons. The van der Waals surface area contributed by atoms with E-state index in [9.17, 15) is 4.79 Å². The molecule has 3 nitrogen and oxygen atoms in total. The second kappa shape index (κ2) is 8.27. The van der Waals surface area contributed by atoms with E-state index >= 15 is 0 Å². The minimum absolute atomic E-state index is 0.123. The van der Waals surface area contributed by atoms with Gasteiger partial charge in [-0.15, -0.1) is 11.3 Å². The van der Waals surface area contributed by atoms with Crippen LogP contribution in [0.1, 0.15) is 31.6 Å². The van der Waals surface area contributed by atoms with Crippen molar-refractivity contribution in [1.29, 1.82) is 0 Å². The summed E-state index contributed by atoms with van der Waals surface area (Å²) in [6, 6.07) is 4.06. The molecule has 1 heterocycles. The number of hydrogen-bond donors (Lipinski definition) is 1. The minimum atomic E-state index is -0.123. The molecule has 0 unspecified atom stereocenters. The van der Waals surface area contributed by atoms with E-state index in [1.807, 2.05) is 11.4 Å². The standard InChI is InChI=1S/C14H23NO2S/c1-11(2)8-12(10-15)9-14(16)17-6-5-13-4-3-7-18-13/h3-4,7,11-12H,5-6,8-10,15H2,1-2H3/t12-/m0/s1. The fourth-order valence-corrected chi connectivity index (χ4v) is 2.63. The van der Waals surface area contributed by atoms with Crippen LogP contribution in [0.2, 0.25) is 0 Å². The third-order valence-electron chi connectivity index (χ3n) is 2.79. The lowest BCUT2D eigenvalue weighted by Crippen LogP contribution is -2.21. The Kier molecular flexibility index (Phi) is 6.98. The van der Waals surface area contributed by atoms with Crippen molar-refractivity contribution in [3.8, 4) is 0 Å². The van der Waals surface area contributed by atoms with E-state index in [0.717, 1.165) is 12.8 Å². The first-order valence-corrected chi connectivity index (χ1v) is 7.37. The molecule has 0 saturated carbocycles. The lowest BCUT2D eigenvalue weighted by molar-refractivity contribution is -0.144. The summed E-state index contributed by atoms with van der Waals surface area (Å²) in [5.41, 5.74) is 5.67. The van der Waals surface area contributed by atoms with E-state index in [1.54, 1.807) is 11.3 Å². The molecule has 0 aliphatic heterocycles. The van der Waals surface area contributed by atoms with Crippen molar-refractivity contribution in [3.63, 3.8) is 0 Å². The Hall–Kier alpha value is -0.870. The van der Waals surface area contributed by atoms with Crippen molar-refractivity contribution in [2.24, 2.45) is 17.6 Å². The Bertz CT molecular complexity index is 336. The van der Waals surface area contributed by atoms with Gasteiger partial charge in [-0.25, -0.2) is 0 Å². The van der Waals surface area contributed by atoms with Gasteiger partial charge in [-0.3, -0.25) is 4.79 Å². The molecule has 1 atom stereocenters. The largest absolute Gasteiger partial charge is 0.465 e. The highest BCUT2D eigenvalue weighted by Crippen LogP contribution is 2.15. The minimum Gasteiger partial charge on any atom is -0.465 e. The van der Waals surface area contributed by atoms with Gasteiger partial charge in [0, 0.05) is 17.7 Å². The Labute approximate surface area is 113 Å². The zero-order valence-corrected chi connectivity index (χ0v) is 12.0. The first kappa shape index (κ1) is 15.2. The quantitative estimate of drug-likeness (QED) is 0.738. The molecular formula is C14H23NO2S. The van der Waals surface area contributed by atoms with Crippen molar-refractivity contribution in [2.45, 2.75) is 33.1 Å². The van der Waals surface area contributed by atoms with Gasteiger partial charge in [-0.2, -0.15) is 0 Å². The van der Waals surface area contributed by atoms with E-state index < -0.39 is 0 Å². The molecule has 1 aromatic rings. The molecular weight excluding hydrogens is 246 g/mol. The molecule has 102 valence electrons. The van der Waals surface area contributed by atoms with Crippen LogP contribution >= 0.6 is 11.3 Å². The third kappa shape index (κ3) is 6.17. The number of rotatable bonds is 8. The average molecular weight is 269 g/mol. The zero-order chi connectivity index (χ0) is 13.4. The van der Waals surface area contributed by atoms with Crippen LogP contribution in [-0.2, 0) is 16.0 Å². The van der Waals surface area contributed by atoms with Crippen LogP contribution < -0.4 is 5.73 Å². The van der Waals surface area contributed by atoms with Gasteiger partial charge in [-0.05, 0) is 36.2 Å². The molecule has 1 rings (SSSR count). The molecule has 0 aromatic carbocycles. The Morgan fingerprint density at radius 2 is 2.28 bits per heavy atom. The van der Waals surface area contributed by atoms with E-state index in [1.165, 1.54) is 4.88 Å². The molecule has 0 bridgehead atoms. The summed E-state index contributed by atoms with van der Waals surface area (Å²) in [6.07, 6.45) is 2.23. The second-order valence-corrected chi connectivity index (χ2v) is 6.02. The fraction of sp³-hybridized carbons (Fsp3) is 0.643. The van der Waals surface area contributed by atoms with Crippen LogP contribution in [-0.4, -0.2) is 19.1 Å². The first-order chi connectivity index (χ1) is 8.61. The fourth-order valence-electron chi connectivity index (χ4n) is 1.94. The van der Waals surface area contributed by atoms with Crippen molar-refractivity contribution < 1.29 is 9.53 Å². The van der Waals surface area contributed by atoms with Gasteiger partial charge in [0.25, 0.3) is 0 Å². The topological polar surface area (TPSA) is 52.3 Å². The number of esters is 1. The number of thiophene rings is 1. The monoisotopic (exact) mass is 269 g/mol. The predicted molar refractivity (Wildman–Crippen MR) is 75.6 cm³/mol. The van der Waals surface area contributed by atoms with Crippen LogP contribution in [0.25, 0.3) is 0 Å². The molecule has 4 heteroatoms. The normalized spacial score (nSPS) is 12.7. The van der Waals surface area contributed by atoms with Gasteiger partial charge >= 0.3 is 5.97 Å². The molecule has 0 fully saturated rings. The van der Waals surface area contributed by atoms with Crippen molar-refractivity contribution in [2.75, 3.05) is 13.2 Å². The summed E-state index contributed by atoms with van der Waals surface area (Å²) in [4.78, 5) is 12.9. The van der Waals surface area contributed by atoms with Crippen LogP contribution in [0.5, 0.6) is 0 Å². The number of nitrogens with two attached hydrogens (primary N) is 1. The second-order valence-electron chi connectivity index (χ2n) is 4.99. The summed E-state index contributed by atoms with van der Waals surface area (Å²) in [5.74, 6) is 0.694. The van der Waals surface area contributed by atoms with Crippen molar-refractivity contribution >= 4 is 17.3 Å². The Morgan fingerprint density at radius 1 is 1.50 bits per heavy atom. The van der Waals surface area contributed by atoms with Crippen LogP contribution in [0.4, 0.5) is 0 Å². The van der Waals surface area contributed by atoms with Crippen LogP contribution in [0.3, 0.4) is 0 Å². The van der Waals surface area contributed by atoms with E-state index in [4.69, 9.17) is 10.5 Å². The maximum absolute atomic E-state index is 11.6. The Morgan fingerprint density at radius 3 is 2.83 bits per heavy atom. The van der Waals surface area contributed by atoms with Gasteiger partial charge < -0.3 is 10.5 Å². The molecule has 2 N–H and O–H groups in total. The molecule has 0 aliphatic carbocycles. The molecule has 0 saturated heterocycles. The lowest BCUT2D eigenvalue weighted by Gasteiger charge is -2.16. The molecule has 0 aliphatic rings. The van der Waals surface area contributed by atoms with E-state index in [0.29, 0.717) is 25.5 Å². The van der Waals surface area contributed by atoms with Gasteiger partial charge in [0.1, 0.15) is 0 Å². The van der Waals surface area contributed by atoms with Crippen LogP contribution in [0.15, 0.2) is 17.5 Å². The summed E-state index contributed by atoms with van der Waals surface area (Å²) in [5, 5.41) is 2.03. The first-order valence-electron chi connectivity index (χ1n) is 6.50. The van der Waals surface area contributed by atoms with Gasteiger partial charge in [-0.1, -0.05) is 19.9 Å². The van der Waals surface area contributed by atoms with Gasteiger partial charge in [0.15, 0.2) is 0 Å². The molecule has 1 aromatic heterocycles. The van der Waals surface area contributed by atoms with Gasteiger partial charge in [0.2, 0.25) is 0 Å². The Balaban J connectivity index is 2.19. The van der Waals surface area contributed by atoms with E-state index in [2.05, 4.69) is 19.9 Å². The maximum Gasteiger partial charge on any atom is 0.306 e. The SMILES string of the molecule is CC(C)C[C@H](CN)CC(=O)OCCc1cccs1. The predicted octanol–water partition coefficient (Wildman–Crippen LogP) is 2.84. The summed E-state index contributed by atoms with van der Waals surface area (Å²) in [7, 11) is 0. The number of carbonyl (C=O) groups is 1. The summed E-state index contributed by atoms with van der Waals surface area (Å²) < 4.78 is 5.24.